The smallest absolute Gasteiger partial charge is 0.0819 e. The van der Waals surface area contributed by atoms with Crippen LogP contribution in [0.15, 0.2) is 11.8 Å². The third-order valence-electron chi connectivity index (χ3n) is 4.55. The van der Waals surface area contributed by atoms with Gasteiger partial charge in [-0.2, -0.15) is 0 Å². The normalized spacial score (nSPS) is 50.1. The summed E-state index contributed by atoms with van der Waals surface area (Å²) in [5.74, 6) is 4.08. The molecular formula is C12H18O. The lowest BCUT2D eigenvalue weighted by Crippen LogP contribution is -2.17. The molecule has 4 atom stereocenters. The molecule has 0 saturated heterocycles. The van der Waals surface area contributed by atoms with Crippen molar-refractivity contribution >= 4 is 0 Å². The van der Waals surface area contributed by atoms with Gasteiger partial charge in [0.2, 0.25) is 0 Å². The molecule has 3 aliphatic carbocycles. The van der Waals surface area contributed by atoms with Gasteiger partial charge in [0.05, 0.1) is 13.4 Å². The molecule has 0 radical (unpaired) electrons. The Hall–Kier alpha value is -0.460. The van der Waals surface area contributed by atoms with E-state index in [1.807, 2.05) is 6.26 Å². The number of hydrogen-bond donors (Lipinski definition) is 0. The molecule has 2 bridgehead atoms. The largest absolute Gasteiger partial charge is 0.504 e. The van der Waals surface area contributed by atoms with Gasteiger partial charge < -0.3 is 4.74 Å². The Kier molecular flexibility index (Phi) is 1.68. The summed E-state index contributed by atoms with van der Waals surface area (Å²) in [6, 6.07) is 0. The minimum atomic E-state index is 0.929. The molecule has 0 aromatic carbocycles. The van der Waals surface area contributed by atoms with Crippen molar-refractivity contribution in [1.29, 1.82) is 0 Å². The molecule has 3 rings (SSSR count). The molecule has 1 heteroatoms. The standard InChI is InChI=1S/C12H18O/c1-13-7-10-4-5-11-8-2-3-9(6-8)12(10)11/h7-9,11-12H,2-6H2,1H3/b10-7+/t8-,9+,11-,12-/m1/s1. The Labute approximate surface area is 80.2 Å². The first-order valence-electron chi connectivity index (χ1n) is 5.62. The van der Waals surface area contributed by atoms with Crippen LogP contribution in [-0.2, 0) is 4.74 Å². The van der Waals surface area contributed by atoms with Crippen LogP contribution in [0.3, 0.4) is 0 Å². The zero-order chi connectivity index (χ0) is 8.84. The predicted octanol–water partition coefficient (Wildman–Crippen LogP) is 2.97. The molecule has 3 saturated carbocycles. The van der Waals surface area contributed by atoms with E-state index >= 15 is 0 Å². The summed E-state index contributed by atoms with van der Waals surface area (Å²) in [6.07, 6.45) is 9.33. The van der Waals surface area contributed by atoms with Crippen LogP contribution in [0.4, 0.5) is 0 Å². The van der Waals surface area contributed by atoms with Gasteiger partial charge in [-0.3, -0.25) is 0 Å². The zero-order valence-corrected chi connectivity index (χ0v) is 8.33. The van der Waals surface area contributed by atoms with Crippen molar-refractivity contribution in [2.24, 2.45) is 23.7 Å². The van der Waals surface area contributed by atoms with Crippen LogP contribution in [0.25, 0.3) is 0 Å². The van der Waals surface area contributed by atoms with Gasteiger partial charge >= 0.3 is 0 Å². The molecule has 1 nitrogen and oxygen atoms in total. The van der Waals surface area contributed by atoms with E-state index < -0.39 is 0 Å². The highest BCUT2D eigenvalue weighted by atomic mass is 16.5. The summed E-state index contributed by atoms with van der Waals surface area (Å²) in [4.78, 5) is 0. The topological polar surface area (TPSA) is 9.23 Å². The third-order valence-corrected chi connectivity index (χ3v) is 4.55. The summed E-state index contributed by atoms with van der Waals surface area (Å²) in [5.41, 5.74) is 1.62. The first-order valence-corrected chi connectivity index (χ1v) is 5.62. The van der Waals surface area contributed by atoms with Crippen LogP contribution in [0.5, 0.6) is 0 Å². The van der Waals surface area contributed by atoms with E-state index in [1.165, 1.54) is 32.1 Å². The number of allylic oxidation sites excluding steroid dienone is 1. The molecule has 0 unspecified atom stereocenters. The second-order valence-corrected chi connectivity index (χ2v) is 4.99. The molecule has 0 heterocycles. The molecule has 0 amide bonds. The second-order valence-electron chi connectivity index (χ2n) is 4.99. The SMILES string of the molecule is CO/C=C1\CC[C@@H]2[C@@H]3CC[C@@H](C3)[C@H]12. The lowest BCUT2D eigenvalue weighted by atomic mass is 9.80. The molecule has 3 aliphatic rings. The molecule has 72 valence electrons. The second kappa shape index (κ2) is 2.76. The van der Waals surface area contributed by atoms with Crippen molar-refractivity contribution in [2.75, 3.05) is 7.11 Å². The van der Waals surface area contributed by atoms with Crippen molar-refractivity contribution in [1.82, 2.24) is 0 Å². The maximum Gasteiger partial charge on any atom is 0.0819 e. The lowest BCUT2D eigenvalue weighted by molar-refractivity contribution is 0.273. The Morgan fingerprint density at radius 1 is 1.23 bits per heavy atom. The summed E-state index contributed by atoms with van der Waals surface area (Å²) in [6.45, 7) is 0. The first kappa shape index (κ1) is 7.90. The highest BCUT2D eigenvalue weighted by Crippen LogP contribution is 2.60. The number of rotatable bonds is 1. The minimum Gasteiger partial charge on any atom is -0.504 e. The summed E-state index contributed by atoms with van der Waals surface area (Å²) < 4.78 is 5.18. The van der Waals surface area contributed by atoms with E-state index in [9.17, 15) is 0 Å². The van der Waals surface area contributed by atoms with E-state index in [-0.39, 0.29) is 0 Å². The van der Waals surface area contributed by atoms with Crippen molar-refractivity contribution in [2.45, 2.75) is 32.1 Å². The molecule has 0 aromatic heterocycles. The van der Waals surface area contributed by atoms with Crippen LogP contribution < -0.4 is 0 Å². The van der Waals surface area contributed by atoms with Crippen LogP contribution in [0, 0.1) is 23.7 Å². The summed E-state index contributed by atoms with van der Waals surface area (Å²) >= 11 is 0. The molecule has 0 spiro atoms. The van der Waals surface area contributed by atoms with E-state index in [2.05, 4.69) is 0 Å². The van der Waals surface area contributed by atoms with E-state index in [1.54, 1.807) is 12.7 Å². The number of fused-ring (bicyclic) bond motifs is 5. The predicted molar refractivity (Wildman–Crippen MR) is 52.1 cm³/mol. The number of hydrogen-bond acceptors (Lipinski definition) is 1. The molecule has 0 aliphatic heterocycles. The van der Waals surface area contributed by atoms with Crippen molar-refractivity contribution in [3.05, 3.63) is 11.8 Å². The molecule has 13 heavy (non-hydrogen) atoms. The van der Waals surface area contributed by atoms with Crippen LogP contribution in [0.1, 0.15) is 32.1 Å². The highest BCUT2D eigenvalue weighted by Gasteiger charge is 2.51. The van der Waals surface area contributed by atoms with E-state index in [0.717, 1.165) is 23.7 Å². The fourth-order valence-corrected chi connectivity index (χ4v) is 4.19. The molecular weight excluding hydrogens is 160 g/mol. The van der Waals surface area contributed by atoms with Crippen LogP contribution in [-0.4, -0.2) is 7.11 Å². The van der Waals surface area contributed by atoms with Gasteiger partial charge in [0, 0.05) is 0 Å². The quantitative estimate of drug-likeness (QED) is 0.561. The lowest BCUT2D eigenvalue weighted by Gasteiger charge is -2.24. The van der Waals surface area contributed by atoms with Gasteiger partial charge in [0.15, 0.2) is 0 Å². The average molecular weight is 178 g/mol. The highest BCUT2D eigenvalue weighted by molar-refractivity contribution is 5.19. The van der Waals surface area contributed by atoms with E-state index in [4.69, 9.17) is 4.74 Å². The molecule has 3 fully saturated rings. The van der Waals surface area contributed by atoms with Crippen LogP contribution in [0.2, 0.25) is 0 Å². The first-order chi connectivity index (χ1) is 6.40. The maximum atomic E-state index is 5.18. The van der Waals surface area contributed by atoms with Gasteiger partial charge in [-0.1, -0.05) is 0 Å². The minimum absolute atomic E-state index is 0.929. The maximum absolute atomic E-state index is 5.18. The third kappa shape index (κ3) is 0.992. The van der Waals surface area contributed by atoms with Gasteiger partial charge in [-0.15, -0.1) is 0 Å². The van der Waals surface area contributed by atoms with Gasteiger partial charge in [-0.25, -0.2) is 0 Å². The Bertz CT molecular complexity index is 244. The number of ether oxygens (including phenoxy) is 1. The Balaban J connectivity index is 1.87. The fourth-order valence-electron chi connectivity index (χ4n) is 4.19. The van der Waals surface area contributed by atoms with Gasteiger partial charge in [0.25, 0.3) is 0 Å². The van der Waals surface area contributed by atoms with Gasteiger partial charge in [0.1, 0.15) is 0 Å². The van der Waals surface area contributed by atoms with Crippen LogP contribution >= 0.6 is 0 Å². The fraction of sp³-hybridized carbons (Fsp3) is 0.833. The van der Waals surface area contributed by atoms with Gasteiger partial charge in [-0.05, 0) is 61.3 Å². The Morgan fingerprint density at radius 3 is 2.92 bits per heavy atom. The average Bonchev–Trinajstić information content (AvgIpc) is 2.74. The summed E-state index contributed by atoms with van der Waals surface area (Å²) in [7, 11) is 1.79. The zero-order valence-electron chi connectivity index (χ0n) is 8.33. The summed E-state index contributed by atoms with van der Waals surface area (Å²) in [5, 5.41) is 0. The van der Waals surface area contributed by atoms with Crippen molar-refractivity contribution in [3.63, 3.8) is 0 Å². The number of methoxy groups -OCH3 is 1. The van der Waals surface area contributed by atoms with E-state index in [0.29, 0.717) is 0 Å². The van der Waals surface area contributed by atoms with Crippen molar-refractivity contribution < 1.29 is 4.74 Å². The molecule has 0 aromatic rings. The molecule has 0 N–H and O–H groups in total. The van der Waals surface area contributed by atoms with Crippen molar-refractivity contribution in [3.8, 4) is 0 Å². The monoisotopic (exact) mass is 178 g/mol. The Morgan fingerprint density at radius 2 is 2.08 bits per heavy atom.